The summed E-state index contributed by atoms with van der Waals surface area (Å²) in [6.07, 6.45) is 8.27. The van der Waals surface area contributed by atoms with Gasteiger partial charge in [-0.3, -0.25) is 4.79 Å². The van der Waals surface area contributed by atoms with E-state index in [1.165, 1.54) is 48.5 Å². The Morgan fingerprint density at radius 1 is 1.03 bits per heavy atom. The van der Waals surface area contributed by atoms with Crippen LogP contribution in [0, 0.1) is 11.7 Å². The number of carbonyl (C=O) groups excluding carboxylic acids is 1. The van der Waals surface area contributed by atoms with Crippen molar-refractivity contribution in [3.05, 3.63) is 30.1 Å². The number of amides is 1. The van der Waals surface area contributed by atoms with Crippen LogP contribution >= 0.6 is 0 Å². The van der Waals surface area contributed by atoms with E-state index in [9.17, 15) is 17.6 Å². The molecule has 2 aliphatic rings. The SMILES string of the molecule is O=C(CCC1CCCCC1)NCCCS(=O)(=O)N1CCN(c2ccc(F)cc2)CC1. The molecule has 0 radical (unpaired) electrons. The van der Waals surface area contributed by atoms with Crippen LogP contribution in [-0.4, -0.2) is 57.1 Å². The number of rotatable bonds is 9. The number of piperazine rings is 1. The van der Waals surface area contributed by atoms with E-state index < -0.39 is 10.0 Å². The van der Waals surface area contributed by atoms with Crippen molar-refractivity contribution in [2.24, 2.45) is 5.92 Å². The van der Waals surface area contributed by atoms with Crippen LogP contribution in [0.5, 0.6) is 0 Å². The van der Waals surface area contributed by atoms with Crippen molar-refractivity contribution in [3.8, 4) is 0 Å². The van der Waals surface area contributed by atoms with Crippen LogP contribution in [0.25, 0.3) is 0 Å². The third-order valence-electron chi connectivity index (χ3n) is 6.23. The van der Waals surface area contributed by atoms with E-state index in [4.69, 9.17) is 0 Å². The molecule has 0 atom stereocenters. The number of hydrogen-bond donors (Lipinski definition) is 1. The minimum Gasteiger partial charge on any atom is -0.369 e. The Labute approximate surface area is 179 Å². The molecule has 1 aliphatic heterocycles. The van der Waals surface area contributed by atoms with E-state index in [-0.39, 0.29) is 17.5 Å². The number of sulfonamides is 1. The topological polar surface area (TPSA) is 69.7 Å². The van der Waals surface area contributed by atoms with Crippen LogP contribution in [0.3, 0.4) is 0 Å². The number of hydrogen-bond acceptors (Lipinski definition) is 4. The Balaban J connectivity index is 1.32. The second-order valence-corrected chi connectivity index (χ2v) is 10.5. The molecule has 8 heteroatoms. The lowest BCUT2D eigenvalue weighted by molar-refractivity contribution is -0.121. The summed E-state index contributed by atoms with van der Waals surface area (Å²) in [5.41, 5.74) is 0.907. The second-order valence-electron chi connectivity index (χ2n) is 8.42. The van der Waals surface area contributed by atoms with Crippen LogP contribution in [-0.2, 0) is 14.8 Å². The number of benzene rings is 1. The predicted molar refractivity (Wildman–Crippen MR) is 117 cm³/mol. The summed E-state index contributed by atoms with van der Waals surface area (Å²) in [6, 6.07) is 6.27. The highest BCUT2D eigenvalue weighted by Gasteiger charge is 2.26. The molecule has 1 saturated carbocycles. The molecule has 0 bridgehead atoms. The van der Waals surface area contributed by atoms with Crippen molar-refractivity contribution in [2.45, 2.75) is 51.4 Å². The maximum absolute atomic E-state index is 13.1. The van der Waals surface area contributed by atoms with Gasteiger partial charge in [-0.1, -0.05) is 32.1 Å². The van der Waals surface area contributed by atoms with Crippen molar-refractivity contribution in [2.75, 3.05) is 43.4 Å². The lowest BCUT2D eigenvalue weighted by atomic mass is 9.86. The average Bonchev–Trinajstić information content (AvgIpc) is 2.77. The lowest BCUT2D eigenvalue weighted by Crippen LogP contribution is -2.49. The van der Waals surface area contributed by atoms with E-state index in [1.807, 2.05) is 0 Å². The molecule has 0 unspecified atom stereocenters. The van der Waals surface area contributed by atoms with Crippen molar-refractivity contribution in [1.29, 1.82) is 0 Å². The number of halogens is 1. The fourth-order valence-corrected chi connectivity index (χ4v) is 5.87. The van der Waals surface area contributed by atoms with Gasteiger partial charge < -0.3 is 10.2 Å². The van der Waals surface area contributed by atoms with Gasteiger partial charge in [-0.15, -0.1) is 0 Å². The molecule has 1 aromatic carbocycles. The fourth-order valence-electron chi connectivity index (χ4n) is 4.39. The molecule has 168 valence electrons. The molecule has 1 aliphatic carbocycles. The van der Waals surface area contributed by atoms with E-state index in [2.05, 4.69) is 10.2 Å². The molecule has 0 aromatic heterocycles. The molecule has 6 nitrogen and oxygen atoms in total. The standard InChI is InChI=1S/C22H34FN3O3S/c23-20-8-10-21(11-9-20)25-14-16-26(17-15-25)30(28,29)18-4-13-24-22(27)12-7-19-5-2-1-3-6-19/h8-11,19H,1-7,12-18H2,(H,24,27). The molecular formula is C22H34FN3O3S. The largest absolute Gasteiger partial charge is 0.369 e. The summed E-state index contributed by atoms with van der Waals surface area (Å²) < 4.78 is 39.8. The zero-order valence-electron chi connectivity index (χ0n) is 17.7. The molecule has 0 spiro atoms. The molecule has 1 aromatic rings. The summed E-state index contributed by atoms with van der Waals surface area (Å²) in [5.74, 6) is 0.484. The highest BCUT2D eigenvalue weighted by Crippen LogP contribution is 2.27. The van der Waals surface area contributed by atoms with Crippen LogP contribution in [0.4, 0.5) is 10.1 Å². The van der Waals surface area contributed by atoms with Crippen molar-refractivity contribution < 1.29 is 17.6 Å². The molecular weight excluding hydrogens is 405 g/mol. The minimum atomic E-state index is -3.33. The van der Waals surface area contributed by atoms with E-state index >= 15 is 0 Å². The Morgan fingerprint density at radius 2 is 1.70 bits per heavy atom. The Bertz CT molecular complexity index is 771. The summed E-state index contributed by atoms with van der Waals surface area (Å²) in [7, 11) is -3.33. The first-order valence-corrected chi connectivity index (χ1v) is 12.8. The van der Waals surface area contributed by atoms with Gasteiger partial charge in [-0.05, 0) is 43.0 Å². The van der Waals surface area contributed by atoms with E-state index in [1.54, 1.807) is 12.1 Å². The monoisotopic (exact) mass is 439 g/mol. The van der Waals surface area contributed by atoms with Gasteiger partial charge in [-0.25, -0.2) is 12.8 Å². The van der Waals surface area contributed by atoms with Gasteiger partial charge in [-0.2, -0.15) is 4.31 Å². The first kappa shape index (κ1) is 23.0. The van der Waals surface area contributed by atoms with Gasteiger partial charge in [0, 0.05) is 44.8 Å². The summed E-state index contributed by atoms with van der Waals surface area (Å²) >= 11 is 0. The maximum atomic E-state index is 13.1. The molecule has 2 fully saturated rings. The van der Waals surface area contributed by atoms with Crippen LogP contribution in [0.1, 0.15) is 51.4 Å². The Kier molecular flexibility index (Phi) is 8.50. The van der Waals surface area contributed by atoms with E-state index in [0.29, 0.717) is 51.5 Å². The summed E-state index contributed by atoms with van der Waals surface area (Å²) in [5, 5.41) is 2.87. The Hall–Kier alpha value is -1.67. The van der Waals surface area contributed by atoms with Gasteiger partial charge in [0.1, 0.15) is 5.82 Å². The molecule has 3 rings (SSSR count). The van der Waals surface area contributed by atoms with Gasteiger partial charge in [0.25, 0.3) is 0 Å². The minimum absolute atomic E-state index is 0.0332. The van der Waals surface area contributed by atoms with Crippen LogP contribution < -0.4 is 10.2 Å². The van der Waals surface area contributed by atoms with Crippen molar-refractivity contribution in [1.82, 2.24) is 9.62 Å². The normalized spacial score (nSPS) is 19.0. The Morgan fingerprint density at radius 3 is 2.37 bits per heavy atom. The molecule has 1 heterocycles. The molecule has 1 amide bonds. The third kappa shape index (κ3) is 6.94. The number of carbonyl (C=O) groups is 1. The molecule has 30 heavy (non-hydrogen) atoms. The first-order valence-electron chi connectivity index (χ1n) is 11.2. The zero-order chi connectivity index (χ0) is 21.4. The van der Waals surface area contributed by atoms with Crippen LogP contribution in [0.15, 0.2) is 24.3 Å². The maximum Gasteiger partial charge on any atom is 0.220 e. The second kappa shape index (κ2) is 11.1. The molecule has 1 saturated heterocycles. The quantitative estimate of drug-likeness (QED) is 0.600. The van der Waals surface area contributed by atoms with Gasteiger partial charge in [0.15, 0.2) is 0 Å². The van der Waals surface area contributed by atoms with Crippen molar-refractivity contribution >= 4 is 21.6 Å². The summed E-state index contributed by atoms with van der Waals surface area (Å²) in [4.78, 5) is 14.1. The highest BCUT2D eigenvalue weighted by atomic mass is 32.2. The number of anilines is 1. The number of nitrogens with one attached hydrogen (secondary N) is 1. The molecule has 1 N–H and O–H groups in total. The van der Waals surface area contributed by atoms with Gasteiger partial charge >= 0.3 is 0 Å². The number of nitrogens with zero attached hydrogens (tertiary/aromatic N) is 2. The van der Waals surface area contributed by atoms with Gasteiger partial charge in [0.2, 0.25) is 15.9 Å². The highest BCUT2D eigenvalue weighted by molar-refractivity contribution is 7.89. The average molecular weight is 440 g/mol. The van der Waals surface area contributed by atoms with Crippen LogP contribution in [0.2, 0.25) is 0 Å². The smallest absolute Gasteiger partial charge is 0.220 e. The third-order valence-corrected chi connectivity index (χ3v) is 8.19. The predicted octanol–water partition coefficient (Wildman–Crippen LogP) is 3.14. The first-order chi connectivity index (χ1) is 14.4. The lowest BCUT2D eigenvalue weighted by Gasteiger charge is -2.35. The fraction of sp³-hybridized carbons (Fsp3) is 0.682. The van der Waals surface area contributed by atoms with Crippen molar-refractivity contribution in [3.63, 3.8) is 0 Å². The summed E-state index contributed by atoms with van der Waals surface area (Å²) in [6.45, 7) is 2.42. The van der Waals surface area contributed by atoms with E-state index in [0.717, 1.165) is 12.1 Å². The zero-order valence-corrected chi connectivity index (χ0v) is 18.5. The van der Waals surface area contributed by atoms with Gasteiger partial charge in [0.05, 0.1) is 5.75 Å².